The van der Waals surface area contributed by atoms with Gasteiger partial charge in [-0.15, -0.1) is 11.3 Å². The van der Waals surface area contributed by atoms with Crippen LogP contribution in [0.25, 0.3) is 21.5 Å². The van der Waals surface area contributed by atoms with E-state index >= 15 is 0 Å². The SMILES string of the molecule is CC(C)N1CCC(NC(=O)Oc2cc3cc(Cl)cc(Cl)c3n2Cc2cc(-c3ccc(Cl)s3)on2)CC1. The fourth-order valence-electron chi connectivity index (χ4n) is 4.51. The highest BCUT2D eigenvalue weighted by molar-refractivity contribution is 7.19. The number of thiophene rings is 1. The van der Waals surface area contributed by atoms with E-state index in [-0.39, 0.29) is 12.6 Å². The number of carbonyl (C=O) groups is 1. The van der Waals surface area contributed by atoms with Gasteiger partial charge in [-0.05, 0) is 51.0 Å². The number of rotatable bonds is 6. The van der Waals surface area contributed by atoms with Crippen molar-refractivity contribution in [2.45, 2.75) is 45.3 Å². The Bertz CT molecular complexity index is 1390. The molecule has 7 nitrogen and oxygen atoms in total. The largest absolute Gasteiger partial charge is 0.414 e. The number of amides is 1. The molecule has 1 amide bonds. The number of fused-ring (bicyclic) bond motifs is 1. The molecule has 36 heavy (non-hydrogen) atoms. The minimum absolute atomic E-state index is 0.0686. The molecule has 4 heterocycles. The first kappa shape index (κ1) is 25.4. The number of piperidine rings is 1. The third kappa shape index (κ3) is 5.53. The Morgan fingerprint density at radius 3 is 2.67 bits per heavy atom. The van der Waals surface area contributed by atoms with E-state index in [9.17, 15) is 4.79 Å². The molecule has 190 valence electrons. The van der Waals surface area contributed by atoms with Gasteiger partial charge in [-0.2, -0.15) is 0 Å². The molecular weight excluding hydrogens is 543 g/mol. The van der Waals surface area contributed by atoms with E-state index in [0.717, 1.165) is 36.2 Å². The van der Waals surface area contributed by atoms with Gasteiger partial charge >= 0.3 is 6.09 Å². The van der Waals surface area contributed by atoms with E-state index in [2.05, 4.69) is 29.2 Å². The van der Waals surface area contributed by atoms with Crippen molar-refractivity contribution >= 4 is 63.1 Å². The van der Waals surface area contributed by atoms with Gasteiger partial charge in [0.2, 0.25) is 5.88 Å². The van der Waals surface area contributed by atoms with Crippen LogP contribution in [0, 0.1) is 0 Å². The minimum atomic E-state index is -0.502. The third-order valence-corrected chi connectivity index (χ3v) is 8.10. The van der Waals surface area contributed by atoms with Gasteiger partial charge in [0.05, 0.1) is 26.3 Å². The smallest absolute Gasteiger partial charge is 0.393 e. The second-order valence-corrected chi connectivity index (χ2v) is 11.7. The first-order valence-electron chi connectivity index (χ1n) is 11.7. The van der Waals surface area contributed by atoms with Gasteiger partial charge in [-0.3, -0.25) is 0 Å². The lowest BCUT2D eigenvalue weighted by atomic mass is 10.0. The van der Waals surface area contributed by atoms with Crippen molar-refractivity contribution < 1.29 is 14.1 Å². The molecule has 5 rings (SSSR count). The lowest BCUT2D eigenvalue weighted by Gasteiger charge is -2.34. The van der Waals surface area contributed by atoms with Gasteiger partial charge in [-0.1, -0.05) is 40.0 Å². The van der Waals surface area contributed by atoms with Crippen molar-refractivity contribution in [3.63, 3.8) is 0 Å². The fourth-order valence-corrected chi connectivity index (χ4v) is 6.11. The van der Waals surface area contributed by atoms with Crippen LogP contribution in [0.1, 0.15) is 32.4 Å². The number of aromatic nitrogens is 2. The van der Waals surface area contributed by atoms with Gasteiger partial charge in [0.25, 0.3) is 0 Å². The Kier molecular flexibility index (Phi) is 7.51. The van der Waals surface area contributed by atoms with Crippen LogP contribution in [0.3, 0.4) is 0 Å². The molecule has 0 saturated carbocycles. The maximum atomic E-state index is 12.9. The highest BCUT2D eigenvalue weighted by Crippen LogP contribution is 2.36. The Morgan fingerprint density at radius 2 is 1.97 bits per heavy atom. The Balaban J connectivity index is 1.37. The fraction of sp³-hybridized carbons (Fsp3) is 0.360. The van der Waals surface area contributed by atoms with Crippen LogP contribution >= 0.6 is 46.1 Å². The van der Waals surface area contributed by atoms with Crippen LogP contribution in [-0.2, 0) is 6.54 Å². The summed E-state index contributed by atoms with van der Waals surface area (Å²) in [7, 11) is 0. The van der Waals surface area contributed by atoms with Gasteiger partial charge in [0, 0.05) is 47.7 Å². The van der Waals surface area contributed by atoms with Crippen LogP contribution in [0.15, 0.2) is 40.9 Å². The Morgan fingerprint density at radius 1 is 1.19 bits per heavy atom. The highest BCUT2D eigenvalue weighted by atomic mass is 35.5. The molecule has 3 aromatic heterocycles. The van der Waals surface area contributed by atoms with Gasteiger partial charge in [0.1, 0.15) is 5.69 Å². The van der Waals surface area contributed by atoms with E-state index in [1.807, 2.05) is 18.2 Å². The maximum Gasteiger partial charge on any atom is 0.414 e. The topological polar surface area (TPSA) is 72.5 Å². The second-order valence-electron chi connectivity index (χ2n) is 9.12. The summed E-state index contributed by atoms with van der Waals surface area (Å²) in [5.74, 6) is 0.954. The molecular formula is C25H25Cl3N4O3S. The Hall–Kier alpha value is -2.23. The van der Waals surface area contributed by atoms with Crippen molar-refractivity contribution in [1.29, 1.82) is 0 Å². The minimum Gasteiger partial charge on any atom is -0.393 e. The number of nitrogens with one attached hydrogen (secondary N) is 1. The zero-order valence-electron chi connectivity index (χ0n) is 19.8. The molecule has 11 heteroatoms. The zero-order valence-corrected chi connectivity index (χ0v) is 22.8. The van der Waals surface area contributed by atoms with E-state index in [4.69, 9.17) is 44.1 Å². The first-order valence-corrected chi connectivity index (χ1v) is 13.6. The zero-order chi connectivity index (χ0) is 25.4. The lowest BCUT2D eigenvalue weighted by Crippen LogP contribution is -2.47. The van der Waals surface area contributed by atoms with Crippen molar-refractivity contribution in [2.75, 3.05) is 13.1 Å². The number of nitrogens with zero attached hydrogens (tertiary/aromatic N) is 3. The lowest BCUT2D eigenvalue weighted by molar-refractivity contribution is 0.151. The first-order chi connectivity index (χ1) is 17.3. The summed E-state index contributed by atoms with van der Waals surface area (Å²) in [5, 5.41) is 8.92. The molecule has 0 unspecified atom stereocenters. The van der Waals surface area contributed by atoms with Crippen LogP contribution in [0.5, 0.6) is 5.88 Å². The number of hydrogen-bond donors (Lipinski definition) is 1. The molecule has 1 aliphatic heterocycles. The van der Waals surface area contributed by atoms with Crippen LogP contribution in [-0.4, -0.2) is 45.9 Å². The molecule has 0 radical (unpaired) electrons. The van der Waals surface area contributed by atoms with Crippen LogP contribution in [0.4, 0.5) is 4.79 Å². The summed E-state index contributed by atoms with van der Waals surface area (Å²) in [6.45, 7) is 6.54. The van der Waals surface area contributed by atoms with Crippen molar-refractivity contribution in [3.8, 4) is 16.5 Å². The average Bonchev–Trinajstić information content (AvgIpc) is 3.54. The molecule has 4 aromatic rings. The summed E-state index contributed by atoms with van der Waals surface area (Å²) in [6, 6.07) is 11.3. The van der Waals surface area contributed by atoms with Gasteiger partial charge < -0.3 is 24.0 Å². The normalized spacial score (nSPS) is 15.2. The number of benzene rings is 1. The third-order valence-electron chi connectivity index (χ3n) is 6.35. The van der Waals surface area contributed by atoms with Crippen LogP contribution in [0.2, 0.25) is 14.4 Å². The summed E-state index contributed by atoms with van der Waals surface area (Å²) in [4.78, 5) is 16.1. The molecule has 0 spiro atoms. The predicted molar refractivity (Wildman–Crippen MR) is 145 cm³/mol. The summed E-state index contributed by atoms with van der Waals surface area (Å²) >= 11 is 20.3. The molecule has 0 aliphatic carbocycles. The van der Waals surface area contributed by atoms with Crippen molar-refractivity contribution in [3.05, 3.63) is 56.5 Å². The quantitative estimate of drug-likeness (QED) is 0.264. The molecule has 1 saturated heterocycles. The van der Waals surface area contributed by atoms with E-state index in [1.54, 1.807) is 22.8 Å². The molecule has 0 bridgehead atoms. The van der Waals surface area contributed by atoms with Crippen molar-refractivity contribution in [1.82, 2.24) is 19.9 Å². The number of ether oxygens (including phenoxy) is 1. The number of hydrogen-bond acceptors (Lipinski definition) is 6. The average molecular weight is 568 g/mol. The van der Waals surface area contributed by atoms with Gasteiger partial charge in [0.15, 0.2) is 5.76 Å². The summed E-state index contributed by atoms with van der Waals surface area (Å²) in [6.07, 6.45) is 1.26. The number of carbonyl (C=O) groups excluding carboxylic acids is 1. The van der Waals surface area contributed by atoms with Gasteiger partial charge in [-0.25, -0.2) is 4.79 Å². The summed E-state index contributed by atoms with van der Waals surface area (Å²) in [5.41, 5.74) is 1.34. The van der Waals surface area contributed by atoms with E-state index < -0.39 is 6.09 Å². The molecule has 1 aromatic carbocycles. The number of halogens is 3. The van der Waals surface area contributed by atoms with Crippen molar-refractivity contribution in [2.24, 2.45) is 0 Å². The van der Waals surface area contributed by atoms with E-state index in [0.29, 0.717) is 43.3 Å². The maximum absolute atomic E-state index is 12.9. The van der Waals surface area contributed by atoms with Crippen LogP contribution < -0.4 is 10.1 Å². The molecule has 0 atom stereocenters. The molecule has 1 aliphatic rings. The number of likely N-dealkylation sites (tertiary alicyclic amines) is 1. The molecule has 1 N–H and O–H groups in total. The monoisotopic (exact) mass is 566 g/mol. The Labute approximate surface area is 227 Å². The van der Waals surface area contributed by atoms with E-state index in [1.165, 1.54) is 11.3 Å². The summed E-state index contributed by atoms with van der Waals surface area (Å²) < 4.78 is 13.8. The standard InChI is InChI=1S/C25H25Cl3N4O3S/c1-14(2)31-7-5-17(6-8-31)29-25(33)34-23-10-15-9-16(26)11-19(27)24(15)32(23)13-18-12-20(35-30-18)21-3-4-22(28)36-21/h3-4,9-12,14,17H,5-8,13H2,1-2H3,(H,29,33). The second kappa shape index (κ2) is 10.6. The predicted octanol–water partition coefficient (Wildman–Crippen LogP) is 7.33. The molecule has 1 fully saturated rings. The highest BCUT2D eigenvalue weighted by Gasteiger charge is 2.24.